The summed E-state index contributed by atoms with van der Waals surface area (Å²) >= 11 is 1.38. The molecular formula is C27H24N2O4S. The van der Waals surface area contributed by atoms with E-state index in [9.17, 15) is 4.79 Å². The lowest BCUT2D eigenvalue weighted by atomic mass is 10.1. The third kappa shape index (κ3) is 4.79. The third-order valence-electron chi connectivity index (χ3n) is 5.57. The van der Waals surface area contributed by atoms with Gasteiger partial charge in [0.15, 0.2) is 16.7 Å². The second-order valence-electron chi connectivity index (χ2n) is 7.83. The number of fused-ring (bicyclic) bond motifs is 1. The highest BCUT2D eigenvalue weighted by Crippen LogP contribution is 2.41. The Morgan fingerprint density at radius 2 is 1.74 bits per heavy atom. The van der Waals surface area contributed by atoms with Crippen molar-refractivity contribution in [2.75, 3.05) is 20.4 Å². The van der Waals surface area contributed by atoms with E-state index in [4.69, 9.17) is 19.2 Å². The molecule has 0 aromatic heterocycles. The van der Waals surface area contributed by atoms with Crippen LogP contribution in [-0.2, 0) is 11.2 Å². The van der Waals surface area contributed by atoms with Crippen molar-refractivity contribution in [3.63, 3.8) is 0 Å². The largest absolute Gasteiger partial charge is 0.496 e. The predicted octanol–water partition coefficient (Wildman–Crippen LogP) is 5.66. The molecule has 0 unspecified atom stereocenters. The number of amides is 1. The van der Waals surface area contributed by atoms with E-state index in [0.29, 0.717) is 33.9 Å². The molecule has 172 valence electrons. The fourth-order valence-electron chi connectivity index (χ4n) is 3.86. The summed E-state index contributed by atoms with van der Waals surface area (Å²) in [7, 11) is 1.60. The van der Waals surface area contributed by atoms with Gasteiger partial charge in [0.05, 0.1) is 17.7 Å². The number of thioether (sulfide) groups is 1. The van der Waals surface area contributed by atoms with Crippen LogP contribution in [0.1, 0.15) is 17.5 Å². The first-order valence-electron chi connectivity index (χ1n) is 11.1. The lowest BCUT2D eigenvalue weighted by Crippen LogP contribution is -2.30. The molecule has 0 saturated carbocycles. The lowest BCUT2D eigenvalue weighted by molar-refractivity contribution is -0.122. The third-order valence-corrected chi connectivity index (χ3v) is 6.58. The molecule has 2 heterocycles. The Hall–Kier alpha value is -3.71. The summed E-state index contributed by atoms with van der Waals surface area (Å²) in [5.74, 6) is 1.83. The van der Waals surface area contributed by atoms with Crippen LogP contribution in [0.4, 0.5) is 5.69 Å². The zero-order valence-electron chi connectivity index (χ0n) is 18.8. The van der Waals surface area contributed by atoms with Crippen molar-refractivity contribution in [1.29, 1.82) is 0 Å². The summed E-state index contributed by atoms with van der Waals surface area (Å²) in [5.41, 5.74) is 2.82. The number of hydrogen-bond donors (Lipinski definition) is 0. The van der Waals surface area contributed by atoms with E-state index in [-0.39, 0.29) is 12.7 Å². The molecule has 3 aromatic rings. The zero-order chi connectivity index (χ0) is 23.3. The number of aliphatic imine (C=N–C) groups is 1. The van der Waals surface area contributed by atoms with Gasteiger partial charge in [-0.2, -0.15) is 0 Å². The molecule has 7 heteroatoms. The van der Waals surface area contributed by atoms with Crippen molar-refractivity contribution in [3.8, 4) is 17.2 Å². The van der Waals surface area contributed by atoms with E-state index in [1.165, 1.54) is 17.3 Å². The average Bonchev–Trinajstić information content (AvgIpc) is 3.44. The van der Waals surface area contributed by atoms with E-state index >= 15 is 0 Å². The van der Waals surface area contributed by atoms with Crippen molar-refractivity contribution in [2.24, 2.45) is 4.99 Å². The Morgan fingerprint density at radius 3 is 2.47 bits per heavy atom. The van der Waals surface area contributed by atoms with E-state index < -0.39 is 0 Å². The Balaban J connectivity index is 1.43. The number of aryl methyl sites for hydroxylation is 1. The monoisotopic (exact) mass is 472 g/mol. The number of methoxy groups -OCH3 is 1. The van der Waals surface area contributed by atoms with Gasteiger partial charge in [-0.1, -0.05) is 48.5 Å². The highest BCUT2D eigenvalue weighted by molar-refractivity contribution is 8.18. The average molecular weight is 473 g/mol. The molecule has 1 amide bonds. The van der Waals surface area contributed by atoms with Crippen LogP contribution in [0, 0.1) is 0 Å². The number of carbonyl (C=O) groups excluding carboxylic acids is 1. The lowest BCUT2D eigenvalue weighted by Gasteiger charge is -2.15. The Kier molecular flexibility index (Phi) is 6.53. The predicted molar refractivity (Wildman–Crippen MR) is 135 cm³/mol. The molecule has 5 rings (SSSR count). The van der Waals surface area contributed by atoms with Crippen LogP contribution in [-0.4, -0.2) is 36.4 Å². The van der Waals surface area contributed by atoms with E-state index in [1.54, 1.807) is 18.1 Å². The second-order valence-corrected chi connectivity index (χ2v) is 8.84. The number of rotatable bonds is 7. The Labute approximate surface area is 202 Å². The smallest absolute Gasteiger partial charge is 0.266 e. The van der Waals surface area contributed by atoms with Crippen LogP contribution < -0.4 is 14.2 Å². The summed E-state index contributed by atoms with van der Waals surface area (Å²) in [4.78, 5) is 20.6. The molecule has 0 aliphatic carbocycles. The summed E-state index contributed by atoms with van der Waals surface area (Å²) in [6.07, 6.45) is 3.57. The Bertz CT molecular complexity index is 1240. The fraction of sp³-hybridized carbons (Fsp3) is 0.185. The van der Waals surface area contributed by atoms with Crippen LogP contribution in [0.25, 0.3) is 6.08 Å². The molecule has 3 aromatic carbocycles. The minimum absolute atomic E-state index is 0.0625. The number of hydrogen-bond acceptors (Lipinski definition) is 6. The number of para-hydroxylation sites is 1. The number of ether oxygens (including phenoxy) is 3. The van der Waals surface area contributed by atoms with E-state index in [0.717, 1.165) is 24.1 Å². The minimum Gasteiger partial charge on any atom is -0.496 e. The molecule has 1 fully saturated rings. The van der Waals surface area contributed by atoms with Gasteiger partial charge < -0.3 is 14.2 Å². The van der Waals surface area contributed by atoms with Crippen LogP contribution >= 0.6 is 11.8 Å². The maximum absolute atomic E-state index is 13.4. The first-order chi connectivity index (χ1) is 16.7. The molecule has 1 saturated heterocycles. The number of amidine groups is 1. The Morgan fingerprint density at radius 1 is 1.03 bits per heavy atom. The maximum Gasteiger partial charge on any atom is 0.266 e. The molecular weight excluding hydrogens is 448 g/mol. The first-order valence-corrected chi connectivity index (χ1v) is 11.9. The highest BCUT2D eigenvalue weighted by Gasteiger charge is 2.33. The molecule has 2 aliphatic rings. The van der Waals surface area contributed by atoms with Crippen LogP contribution in [0.2, 0.25) is 0 Å². The van der Waals surface area contributed by atoms with Gasteiger partial charge in [-0.05, 0) is 54.4 Å². The highest BCUT2D eigenvalue weighted by atomic mass is 32.2. The number of benzene rings is 3. The van der Waals surface area contributed by atoms with Crippen LogP contribution in [0.3, 0.4) is 0 Å². The van der Waals surface area contributed by atoms with Gasteiger partial charge in [-0.25, -0.2) is 4.99 Å². The molecule has 0 spiro atoms. The molecule has 0 N–H and O–H groups in total. The number of carbonyl (C=O) groups is 1. The normalized spacial score (nSPS) is 17.1. The topological polar surface area (TPSA) is 60.4 Å². The van der Waals surface area contributed by atoms with Crippen LogP contribution in [0.15, 0.2) is 82.7 Å². The minimum atomic E-state index is -0.0625. The van der Waals surface area contributed by atoms with Crippen molar-refractivity contribution in [3.05, 3.63) is 88.8 Å². The SMILES string of the molecule is COc1cc2c(cc1/C=C1/SC(=Nc3ccccc3)N(CCCc3ccccc3)C1=O)OCO2. The molecule has 0 radical (unpaired) electrons. The standard InChI is InChI=1S/C27H24N2O4S/c1-31-22-17-24-23(32-18-33-24)15-20(22)16-25-26(30)29(14-8-11-19-9-4-2-5-10-19)27(34-25)28-21-12-6-3-7-13-21/h2-7,9-10,12-13,15-17H,8,11,14,18H2,1H3/b25-16+,28-27?. The van der Waals surface area contributed by atoms with Crippen molar-refractivity contribution >= 4 is 34.6 Å². The molecule has 0 atom stereocenters. The van der Waals surface area contributed by atoms with Gasteiger partial charge in [0.1, 0.15) is 5.75 Å². The summed E-state index contributed by atoms with van der Waals surface area (Å²) in [6.45, 7) is 0.761. The van der Waals surface area contributed by atoms with Gasteiger partial charge in [0, 0.05) is 18.2 Å². The maximum atomic E-state index is 13.4. The first kappa shape index (κ1) is 22.1. The molecule has 2 aliphatic heterocycles. The van der Waals surface area contributed by atoms with Gasteiger partial charge in [-0.15, -0.1) is 0 Å². The van der Waals surface area contributed by atoms with Crippen molar-refractivity contribution in [1.82, 2.24) is 4.90 Å². The van der Waals surface area contributed by atoms with Gasteiger partial charge in [-0.3, -0.25) is 9.69 Å². The summed E-state index contributed by atoms with van der Waals surface area (Å²) < 4.78 is 16.5. The van der Waals surface area contributed by atoms with Gasteiger partial charge >= 0.3 is 0 Å². The fourth-order valence-corrected chi connectivity index (χ4v) is 4.87. The van der Waals surface area contributed by atoms with E-state index in [1.807, 2.05) is 60.7 Å². The van der Waals surface area contributed by atoms with Crippen molar-refractivity contribution < 1.29 is 19.0 Å². The molecule has 0 bridgehead atoms. The van der Waals surface area contributed by atoms with Crippen LogP contribution in [0.5, 0.6) is 17.2 Å². The van der Waals surface area contributed by atoms with Gasteiger partial charge in [0.2, 0.25) is 6.79 Å². The second kappa shape index (κ2) is 10.1. The van der Waals surface area contributed by atoms with Crippen molar-refractivity contribution in [2.45, 2.75) is 12.8 Å². The number of nitrogens with zero attached hydrogens (tertiary/aromatic N) is 2. The summed E-state index contributed by atoms with van der Waals surface area (Å²) in [5, 5.41) is 0.676. The van der Waals surface area contributed by atoms with Gasteiger partial charge in [0.25, 0.3) is 5.91 Å². The quantitative estimate of drug-likeness (QED) is 0.415. The molecule has 34 heavy (non-hydrogen) atoms. The molecule has 6 nitrogen and oxygen atoms in total. The van der Waals surface area contributed by atoms with E-state index in [2.05, 4.69) is 12.1 Å². The summed E-state index contributed by atoms with van der Waals surface area (Å²) in [6, 6.07) is 23.6. The zero-order valence-corrected chi connectivity index (χ0v) is 19.6.